The Morgan fingerprint density at radius 1 is 0.929 bits per heavy atom. The third-order valence-corrected chi connectivity index (χ3v) is 4.10. The molecule has 1 saturated heterocycles. The molecular formula is C19H27NO8. The molecule has 0 spiro atoms. The van der Waals surface area contributed by atoms with Crippen LogP contribution in [0.1, 0.15) is 60.8 Å². The van der Waals surface area contributed by atoms with E-state index in [1.54, 1.807) is 20.8 Å². The molecule has 0 atom stereocenters. The lowest BCUT2D eigenvalue weighted by atomic mass is 10.00. The van der Waals surface area contributed by atoms with E-state index in [0.29, 0.717) is 30.0 Å². The van der Waals surface area contributed by atoms with Crippen molar-refractivity contribution in [1.82, 2.24) is 4.98 Å². The van der Waals surface area contributed by atoms with Crippen molar-refractivity contribution < 1.29 is 38.1 Å². The molecule has 1 aromatic heterocycles. The molecule has 0 bridgehead atoms. The minimum Gasteiger partial charge on any atom is -0.466 e. The first-order valence-corrected chi connectivity index (χ1v) is 9.46. The first kappa shape index (κ1) is 21.9. The summed E-state index contributed by atoms with van der Waals surface area (Å²) >= 11 is 0. The highest BCUT2D eigenvalue weighted by Crippen LogP contribution is 2.32. The smallest absolute Gasteiger partial charge is 0.355 e. The molecule has 28 heavy (non-hydrogen) atoms. The maximum Gasteiger partial charge on any atom is 0.355 e. The van der Waals surface area contributed by atoms with Gasteiger partial charge in [-0.1, -0.05) is 0 Å². The van der Waals surface area contributed by atoms with Crippen molar-refractivity contribution in [3.8, 4) is 0 Å². The zero-order chi connectivity index (χ0) is 20.5. The molecule has 9 heteroatoms. The molecule has 2 rings (SSSR count). The van der Waals surface area contributed by atoms with Gasteiger partial charge in [-0.3, -0.25) is 9.59 Å². The van der Waals surface area contributed by atoms with Crippen LogP contribution in [0.25, 0.3) is 0 Å². The minimum atomic E-state index is -0.707. The van der Waals surface area contributed by atoms with Crippen LogP contribution in [-0.4, -0.2) is 55.9 Å². The number of nitrogens with one attached hydrogen (secondary N) is 1. The van der Waals surface area contributed by atoms with Crippen molar-refractivity contribution in [3.63, 3.8) is 0 Å². The SMILES string of the molecule is CCOC(=O)CCc1c(C2OCCO2)[nH]c(C(=O)OCC)c1CC(=O)OCC. The summed E-state index contributed by atoms with van der Waals surface area (Å²) < 4.78 is 26.2. The van der Waals surface area contributed by atoms with Crippen molar-refractivity contribution in [1.29, 1.82) is 0 Å². The standard InChI is InChI=1S/C19H27NO8/c1-4-24-14(21)8-7-12-13(11-15(22)25-5-2)16(18(23)26-6-3)20-17(12)19-27-9-10-28-19/h19-20H,4-11H2,1-3H3. The normalized spacial score (nSPS) is 14.1. The van der Waals surface area contributed by atoms with Gasteiger partial charge in [-0.05, 0) is 38.3 Å². The lowest BCUT2D eigenvalue weighted by Gasteiger charge is -2.12. The van der Waals surface area contributed by atoms with Gasteiger partial charge in [0.25, 0.3) is 0 Å². The third kappa shape index (κ3) is 5.56. The summed E-state index contributed by atoms with van der Waals surface area (Å²) in [4.78, 5) is 39.4. The summed E-state index contributed by atoms with van der Waals surface area (Å²) in [5.41, 5.74) is 1.68. The van der Waals surface area contributed by atoms with Crippen LogP contribution in [0.5, 0.6) is 0 Å². The number of aromatic amines is 1. The number of aromatic nitrogens is 1. The third-order valence-electron chi connectivity index (χ3n) is 4.10. The summed E-state index contributed by atoms with van der Waals surface area (Å²) in [6.45, 7) is 6.61. The van der Waals surface area contributed by atoms with Crippen LogP contribution < -0.4 is 0 Å². The zero-order valence-corrected chi connectivity index (χ0v) is 16.5. The molecule has 0 radical (unpaired) electrons. The molecule has 0 saturated carbocycles. The van der Waals surface area contributed by atoms with Gasteiger partial charge in [0, 0.05) is 6.42 Å². The fourth-order valence-electron chi connectivity index (χ4n) is 3.00. The zero-order valence-electron chi connectivity index (χ0n) is 16.5. The van der Waals surface area contributed by atoms with Crippen LogP contribution in [0.3, 0.4) is 0 Å². The fraction of sp³-hybridized carbons (Fsp3) is 0.632. The van der Waals surface area contributed by atoms with E-state index in [2.05, 4.69) is 4.98 Å². The van der Waals surface area contributed by atoms with Gasteiger partial charge in [0.05, 0.1) is 45.1 Å². The highest BCUT2D eigenvalue weighted by atomic mass is 16.7. The van der Waals surface area contributed by atoms with E-state index < -0.39 is 18.2 Å². The van der Waals surface area contributed by atoms with Crippen LogP contribution in [-0.2, 0) is 46.1 Å². The molecular weight excluding hydrogens is 370 g/mol. The molecule has 0 unspecified atom stereocenters. The Bertz CT molecular complexity index is 690. The molecule has 1 aliphatic rings. The number of esters is 3. The topological polar surface area (TPSA) is 113 Å². The summed E-state index contributed by atoms with van der Waals surface area (Å²) in [5, 5.41) is 0. The molecule has 0 aromatic carbocycles. The highest BCUT2D eigenvalue weighted by molar-refractivity contribution is 5.92. The average molecular weight is 397 g/mol. The van der Waals surface area contributed by atoms with Crippen LogP contribution >= 0.6 is 0 Å². The predicted octanol–water partition coefficient (Wildman–Crippen LogP) is 1.84. The van der Waals surface area contributed by atoms with Crippen LogP contribution in [0.15, 0.2) is 0 Å². The Hall–Kier alpha value is -2.39. The van der Waals surface area contributed by atoms with Crippen LogP contribution in [0.2, 0.25) is 0 Å². The lowest BCUT2D eigenvalue weighted by molar-refractivity contribution is -0.143. The van der Waals surface area contributed by atoms with Gasteiger partial charge in [0.15, 0.2) is 6.29 Å². The van der Waals surface area contributed by atoms with E-state index in [9.17, 15) is 14.4 Å². The quantitative estimate of drug-likeness (QED) is 0.470. The van der Waals surface area contributed by atoms with E-state index >= 15 is 0 Å². The number of H-pyrrole nitrogens is 1. The summed E-state index contributed by atoms with van der Waals surface area (Å²) in [7, 11) is 0. The molecule has 1 N–H and O–H groups in total. The van der Waals surface area contributed by atoms with E-state index in [0.717, 1.165) is 0 Å². The van der Waals surface area contributed by atoms with Gasteiger partial charge in [0.2, 0.25) is 0 Å². The number of rotatable bonds is 10. The Balaban J connectivity index is 2.42. The fourth-order valence-corrected chi connectivity index (χ4v) is 3.00. The van der Waals surface area contributed by atoms with E-state index in [-0.39, 0.29) is 50.7 Å². The molecule has 2 heterocycles. The summed E-state index contributed by atoms with van der Waals surface area (Å²) in [6, 6.07) is 0. The van der Waals surface area contributed by atoms with Crippen LogP contribution in [0, 0.1) is 0 Å². The van der Waals surface area contributed by atoms with Gasteiger partial charge >= 0.3 is 17.9 Å². The minimum absolute atomic E-state index is 0.0868. The molecule has 1 aliphatic heterocycles. The Morgan fingerprint density at radius 3 is 2.14 bits per heavy atom. The second kappa shape index (κ2) is 10.8. The van der Waals surface area contributed by atoms with Gasteiger partial charge in [0.1, 0.15) is 5.69 Å². The number of ether oxygens (including phenoxy) is 5. The van der Waals surface area contributed by atoms with Crippen molar-refractivity contribution >= 4 is 17.9 Å². The maximum absolute atomic E-state index is 12.4. The highest BCUT2D eigenvalue weighted by Gasteiger charge is 2.31. The van der Waals surface area contributed by atoms with Crippen molar-refractivity contribution in [2.45, 2.75) is 46.3 Å². The van der Waals surface area contributed by atoms with E-state index in [1.807, 2.05) is 0 Å². The summed E-state index contributed by atoms with van der Waals surface area (Å²) in [5.74, 6) is -1.45. The summed E-state index contributed by atoms with van der Waals surface area (Å²) in [6.07, 6.45) is -0.504. The molecule has 1 fully saturated rings. The second-order valence-corrected chi connectivity index (χ2v) is 5.95. The first-order valence-electron chi connectivity index (χ1n) is 9.46. The molecule has 156 valence electrons. The number of hydrogen-bond donors (Lipinski definition) is 1. The van der Waals surface area contributed by atoms with Gasteiger partial charge in [-0.25, -0.2) is 4.79 Å². The van der Waals surface area contributed by atoms with Crippen molar-refractivity contribution in [2.24, 2.45) is 0 Å². The second-order valence-electron chi connectivity index (χ2n) is 5.95. The van der Waals surface area contributed by atoms with Gasteiger partial charge in [-0.15, -0.1) is 0 Å². The van der Waals surface area contributed by atoms with Crippen molar-refractivity contribution in [2.75, 3.05) is 33.0 Å². The average Bonchev–Trinajstić information content (AvgIpc) is 3.29. The number of carbonyl (C=O) groups excluding carboxylic acids is 3. The lowest BCUT2D eigenvalue weighted by Crippen LogP contribution is -2.14. The Labute approximate surface area is 163 Å². The van der Waals surface area contributed by atoms with E-state index in [1.165, 1.54) is 0 Å². The van der Waals surface area contributed by atoms with Crippen molar-refractivity contribution in [3.05, 3.63) is 22.5 Å². The molecule has 1 aromatic rings. The van der Waals surface area contributed by atoms with Gasteiger partial charge in [-0.2, -0.15) is 0 Å². The Kier molecular flexibility index (Phi) is 8.46. The molecule has 9 nitrogen and oxygen atoms in total. The predicted molar refractivity (Wildman–Crippen MR) is 96.7 cm³/mol. The van der Waals surface area contributed by atoms with Crippen LogP contribution in [0.4, 0.5) is 0 Å². The largest absolute Gasteiger partial charge is 0.466 e. The number of carbonyl (C=O) groups is 3. The maximum atomic E-state index is 12.4. The molecule has 0 aliphatic carbocycles. The van der Waals surface area contributed by atoms with Gasteiger partial charge < -0.3 is 28.7 Å². The van der Waals surface area contributed by atoms with E-state index in [4.69, 9.17) is 23.7 Å². The monoisotopic (exact) mass is 397 g/mol. The first-order chi connectivity index (χ1) is 13.5. The number of hydrogen-bond acceptors (Lipinski definition) is 8. The molecule has 0 amide bonds. The Morgan fingerprint density at radius 2 is 1.54 bits per heavy atom.